The summed E-state index contributed by atoms with van der Waals surface area (Å²) in [6.45, 7) is 6.93. The predicted molar refractivity (Wildman–Crippen MR) is 63.7 cm³/mol. The van der Waals surface area contributed by atoms with Gasteiger partial charge in [-0.15, -0.1) is 4.83 Å². The Kier molecular flexibility index (Phi) is 3.73. The molecule has 17 heavy (non-hydrogen) atoms. The van der Waals surface area contributed by atoms with Crippen LogP contribution in [0.4, 0.5) is 4.79 Å². The van der Waals surface area contributed by atoms with Crippen LogP contribution >= 0.6 is 0 Å². The second kappa shape index (κ2) is 4.45. The smallest absolute Gasteiger partial charge is 0.422 e. The van der Waals surface area contributed by atoms with Crippen LogP contribution in [-0.4, -0.2) is 24.9 Å². The quantitative estimate of drug-likeness (QED) is 0.749. The number of sulfonamides is 1. The van der Waals surface area contributed by atoms with Crippen molar-refractivity contribution in [2.45, 2.75) is 57.3 Å². The maximum absolute atomic E-state index is 11.8. The molecule has 0 saturated heterocycles. The van der Waals surface area contributed by atoms with Crippen LogP contribution in [0.2, 0.25) is 0 Å². The van der Waals surface area contributed by atoms with E-state index < -0.39 is 26.5 Å². The van der Waals surface area contributed by atoms with Crippen molar-refractivity contribution in [1.29, 1.82) is 0 Å². The maximum atomic E-state index is 11.8. The van der Waals surface area contributed by atoms with E-state index in [0.717, 1.165) is 0 Å². The number of amides is 1. The highest BCUT2D eigenvalue weighted by atomic mass is 32.2. The highest BCUT2D eigenvalue weighted by molar-refractivity contribution is 7.91. The van der Waals surface area contributed by atoms with Gasteiger partial charge in [0.1, 0.15) is 5.60 Å². The fraction of sp³-hybridized carbons (Fsp3) is 0.900. The molecule has 0 atom stereocenters. The van der Waals surface area contributed by atoms with Crippen LogP contribution in [0.25, 0.3) is 0 Å². The molecule has 1 rings (SSSR count). The lowest BCUT2D eigenvalue weighted by Gasteiger charge is -2.21. The highest BCUT2D eigenvalue weighted by Gasteiger charge is 2.53. The summed E-state index contributed by atoms with van der Waals surface area (Å²) in [6.07, 6.45) is 1.01. The first-order chi connectivity index (χ1) is 7.62. The van der Waals surface area contributed by atoms with Crippen LogP contribution < -0.4 is 10.3 Å². The molecule has 1 aliphatic rings. The maximum Gasteiger partial charge on any atom is 0.422 e. The van der Waals surface area contributed by atoms with Gasteiger partial charge in [-0.25, -0.2) is 18.6 Å². The highest BCUT2D eigenvalue weighted by Crippen LogP contribution is 2.45. The molecular weight excluding hydrogens is 244 g/mol. The van der Waals surface area contributed by atoms with Crippen LogP contribution in [-0.2, 0) is 14.8 Å². The Hall–Kier alpha value is -0.820. The van der Waals surface area contributed by atoms with Gasteiger partial charge in [-0.2, -0.15) is 0 Å². The molecule has 7 heteroatoms. The molecule has 0 aromatic rings. The van der Waals surface area contributed by atoms with Crippen molar-refractivity contribution in [1.82, 2.24) is 10.3 Å². The lowest BCUT2D eigenvalue weighted by Crippen LogP contribution is -2.48. The number of ether oxygens (including phenoxy) is 1. The molecule has 0 aliphatic heterocycles. The number of nitrogens with one attached hydrogen (secondary N) is 2. The van der Waals surface area contributed by atoms with Gasteiger partial charge in [0.2, 0.25) is 10.0 Å². The van der Waals surface area contributed by atoms with Crippen molar-refractivity contribution in [3.63, 3.8) is 0 Å². The summed E-state index contributed by atoms with van der Waals surface area (Å²) in [5, 5.41) is 0. The lowest BCUT2D eigenvalue weighted by atomic mass is 10.2. The van der Waals surface area contributed by atoms with Crippen molar-refractivity contribution in [3.8, 4) is 0 Å². The minimum absolute atomic E-state index is 0.540. The summed E-state index contributed by atoms with van der Waals surface area (Å²) in [5.74, 6) is 0. The van der Waals surface area contributed by atoms with Gasteiger partial charge < -0.3 is 4.74 Å². The first-order valence-corrected chi connectivity index (χ1v) is 7.10. The molecule has 100 valence electrons. The summed E-state index contributed by atoms with van der Waals surface area (Å²) in [4.78, 5) is 13.4. The first kappa shape index (κ1) is 14.2. The third kappa shape index (κ3) is 3.57. The van der Waals surface area contributed by atoms with E-state index in [1.807, 2.05) is 6.92 Å². The molecule has 0 radical (unpaired) electrons. The zero-order chi connectivity index (χ0) is 13.3. The molecule has 1 fully saturated rings. The summed E-state index contributed by atoms with van der Waals surface area (Å²) in [5.41, 5.74) is 1.41. The molecule has 1 saturated carbocycles. The Morgan fingerprint density at radius 3 is 2.24 bits per heavy atom. The Morgan fingerprint density at radius 1 is 1.35 bits per heavy atom. The topological polar surface area (TPSA) is 84.5 Å². The van der Waals surface area contributed by atoms with Crippen molar-refractivity contribution < 1.29 is 17.9 Å². The lowest BCUT2D eigenvalue weighted by molar-refractivity contribution is 0.0515. The van der Waals surface area contributed by atoms with Crippen LogP contribution in [0.1, 0.15) is 47.0 Å². The monoisotopic (exact) mass is 264 g/mol. The molecule has 0 aromatic heterocycles. The largest absolute Gasteiger partial charge is 0.443 e. The average molecular weight is 264 g/mol. The minimum Gasteiger partial charge on any atom is -0.443 e. The van der Waals surface area contributed by atoms with Gasteiger partial charge >= 0.3 is 6.09 Å². The van der Waals surface area contributed by atoms with Gasteiger partial charge in [0, 0.05) is 0 Å². The van der Waals surface area contributed by atoms with Crippen LogP contribution in [0.5, 0.6) is 0 Å². The molecule has 0 unspecified atom stereocenters. The van der Waals surface area contributed by atoms with E-state index in [4.69, 9.17) is 4.74 Å². The number of hydrazine groups is 1. The summed E-state index contributed by atoms with van der Waals surface area (Å²) in [7, 11) is -3.51. The normalized spacial score (nSPS) is 18.6. The minimum atomic E-state index is -3.51. The summed E-state index contributed by atoms with van der Waals surface area (Å²) < 4.78 is 27.9. The zero-order valence-electron chi connectivity index (χ0n) is 10.7. The number of hydrogen-bond donors (Lipinski definition) is 2. The second-order valence-corrected chi connectivity index (χ2v) is 7.35. The molecule has 1 amide bonds. The molecule has 0 aromatic carbocycles. The molecule has 2 N–H and O–H groups in total. The zero-order valence-corrected chi connectivity index (χ0v) is 11.5. The number of rotatable bonds is 4. The summed E-state index contributed by atoms with van der Waals surface area (Å²) >= 11 is 0. The van der Waals surface area contributed by atoms with Gasteiger partial charge in [0.25, 0.3) is 0 Å². The molecule has 1 aliphatic carbocycles. The van der Waals surface area contributed by atoms with Crippen LogP contribution in [0.3, 0.4) is 0 Å². The average Bonchev–Trinajstić information content (AvgIpc) is 2.93. The van der Waals surface area contributed by atoms with E-state index >= 15 is 0 Å². The number of hydrogen-bond acceptors (Lipinski definition) is 4. The van der Waals surface area contributed by atoms with Crippen LogP contribution in [0.15, 0.2) is 0 Å². The van der Waals surface area contributed by atoms with E-state index in [0.29, 0.717) is 19.3 Å². The van der Waals surface area contributed by atoms with E-state index in [-0.39, 0.29) is 0 Å². The molecule has 6 nitrogen and oxygen atoms in total. The van der Waals surface area contributed by atoms with Gasteiger partial charge in [-0.3, -0.25) is 0 Å². The Morgan fingerprint density at radius 2 is 1.88 bits per heavy atom. The van der Waals surface area contributed by atoms with Crippen molar-refractivity contribution in [3.05, 3.63) is 0 Å². The molecule has 0 heterocycles. The number of carbonyl (C=O) groups excluding carboxylic acids is 1. The third-order valence-corrected chi connectivity index (χ3v) is 4.92. The Bertz CT molecular complexity index is 393. The van der Waals surface area contributed by atoms with E-state index in [1.54, 1.807) is 20.8 Å². The van der Waals surface area contributed by atoms with Crippen molar-refractivity contribution >= 4 is 16.1 Å². The molecular formula is C10H20N2O4S. The van der Waals surface area contributed by atoms with Crippen LogP contribution in [0, 0.1) is 0 Å². The Labute approximate surface area is 102 Å². The van der Waals surface area contributed by atoms with Gasteiger partial charge in [0.05, 0.1) is 4.75 Å². The van der Waals surface area contributed by atoms with E-state index in [1.165, 1.54) is 0 Å². The van der Waals surface area contributed by atoms with Gasteiger partial charge in [-0.1, -0.05) is 6.92 Å². The molecule has 0 bridgehead atoms. The molecule has 0 spiro atoms. The van der Waals surface area contributed by atoms with Gasteiger partial charge in [0.15, 0.2) is 0 Å². The fourth-order valence-electron chi connectivity index (χ4n) is 1.47. The van der Waals surface area contributed by atoms with E-state index in [2.05, 4.69) is 10.3 Å². The fourth-order valence-corrected chi connectivity index (χ4v) is 2.93. The van der Waals surface area contributed by atoms with E-state index in [9.17, 15) is 13.2 Å². The predicted octanol–water partition coefficient (Wildman–Crippen LogP) is 1.29. The second-order valence-electron chi connectivity index (χ2n) is 5.27. The summed E-state index contributed by atoms with van der Waals surface area (Å²) in [6, 6.07) is 0. The third-order valence-electron chi connectivity index (χ3n) is 2.71. The number of carbonyl (C=O) groups is 1. The standard InChI is InChI=1S/C10H20N2O4S/c1-5-10(6-7-10)17(14,15)12-11-8(13)16-9(2,3)4/h12H,5-7H2,1-4H3,(H,11,13). The Balaban J connectivity index is 2.49. The first-order valence-electron chi connectivity index (χ1n) is 5.62. The SMILES string of the molecule is CCC1(S(=O)(=O)NNC(=O)OC(C)(C)C)CC1. The van der Waals surface area contributed by atoms with Crippen molar-refractivity contribution in [2.75, 3.05) is 0 Å². The van der Waals surface area contributed by atoms with Crippen molar-refractivity contribution in [2.24, 2.45) is 0 Å². The van der Waals surface area contributed by atoms with Gasteiger partial charge in [-0.05, 0) is 40.0 Å².